The number of carbonyl (C=O) groups is 2. The van der Waals surface area contributed by atoms with E-state index in [-0.39, 0.29) is 32.3 Å². The number of anilines is 4. The van der Waals surface area contributed by atoms with Crippen molar-refractivity contribution in [3.63, 3.8) is 0 Å². The summed E-state index contributed by atoms with van der Waals surface area (Å²) < 4.78 is 82.8. The lowest BCUT2D eigenvalue weighted by molar-refractivity contribution is 0.101. The largest absolute Gasteiger partial charge is 0.322 e. The van der Waals surface area contributed by atoms with E-state index in [0.29, 0.717) is 11.4 Å². The quantitative estimate of drug-likeness (QED) is 0.107. The SMILES string of the molecule is O=C(Nc1ccc(-c2ccc(NC(=O)c3ccccc3NS(=O)(=O)c3ccc(F)cc3)cc2)cc1)c1ccccc1NS(=O)(=O)c1ccc(F)cc1. The number of carbonyl (C=O) groups excluding carboxylic acids is 2. The molecule has 0 unspecified atom stereocenters. The van der Waals surface area contributed by atoms with Crippen molar-refractivity contribution in [2.24, 2.45) is 0 Å². The van der Waals surface area contributed by atoms with Gasteiger partial charge in [-0.1, -0.05) is 48.5 Å². The van der Waals surface area contributed by atoms with Crippen molar-refractivity contribution in [2.45, 2.75) is 9.79 Å². The third-order valence-electron chi connectivity index (χ3n) is 7.70. The molecule has 6 rings (SSSR count). The maximum Gasteiger partial charge on any atom is 0.261 e. The molecule has 10 nitrogen and oxygen atoms in total. The standard InChI is InChI=1S/C38H28F2N4O6S2/c39-27-13-21-31(22-14-27)51(47,48)43-35-7-3-1-5-33(35)37(45)41-29-17-9-25(10-18-29)26-11-19-30(20-12-26)42-38(46)34-6-2-4-8-36(34)44-52(49,50)32-23-15-28(40)16-24-32/h1-24,43-44H,(H,41,45)(H,42,46). The van der Waals surface area contributed by atoms with E-state index in [4.69, 9.17) is 0 Å². The molecule has 0 aliphatic carbocycles. The first-order valence-corrected chi connectivity index (χ1v) is 18.4. The lowest BCUT2D eigenvalue weighted by atomic mass is 10.0. The van der Waals surface area contributed by atoms with Gasteiger partial charge < -0.3 is 10.6 Å². The average molecular weight is 739 g/mol. The van der Waals surface area contributed by atoms with Crippen LogP contribution in [0.1, 0.15) is 20.7 Å². The summed E-state index contributed by atoms with van der Waals surface area (Å²) in [6.45, 7) is 0. The van der Waals surface area contributed by atoms with Crippen molar-refractivity contribution in [3.05, 3.63) is 168 Å². The maximum atomic E-state index is 13.3. The summed E-state index contributed by atoms with van der Waals surface area (Å²) in [6.07, 6.45) is 0. The first-order chi connectivity index (χ1) is 24.9. The zero-order valence-electron chi connectivity index (χ0n) is 26.9. The molecule has 6 aromatic rings. The van der Waals surface area contributed by atoms with Crippen molar-refractivity contribution in [2.75, 3.05) is 20.1 Å². The van der Waals surface area contributed by atoms with E-state index in [1.165, 1.54) is 24.3 Å². The van der Waals surface area contributed by atoms with Crippen LogP contribution >= 0.6 is 0 Å². The molecule has 0 bridgehead atoms. The Morgan fingerprint density at radius 2 is 0.750 bits per heavy atom. The van der Waals surface area contributed by atoms with Gasteiger partial charge in [-0.15, -0.1) is 0 Å². The normalized spacial score (nSPS) is 11.3. The van der Waals surface area contributed by atoms with E-state index in [1.54, 1.807) is 72.8 Å². The minimum atomic E-state index is -4.09. The predicted octanol–water partition coefficient (Wildman–Crippen LogP) is 7.74. The number of halogens is 2. The van der Waals surface area contributed by atoms with Crippen molar-refractivity contribution in [3.8, 4) is 11.1 Å². The van der Waals surface area contributed by atoms with Crippen LogP contribution in [0, 0.1) is 11.6 Å². The summed E-state index contributed by atoms with van der Waals surface area (Å²) in [4.78, 5) is 26.0. The summed E-state index contributed by atoms with van der Waals surface area (Å²) in [5, 5.41) is 5.52. The highest BCUT2D eigenvalue weighted by atomic mass is 32.2. The third-order valence-corrected chi connectivity index (χ3v) is 10.5. The van der Waals surface area contributed by atoms with E-state index in [2.05, 4.69) is 20.1 Å². The fourth-order valence-electron chi connectivity index (χ4n) is 5.06. The Hall–Kier alpha value is -6.38. The fourth-order valence-corrected chi connectivity index (χ4v) is 7.22. The number of para-hydroxylation sites is 2. The van der Waals surface area contributed by atoms with Crippen molar-refractivity contribution < 1.29 is 35.2 Å². The summed E-state index contributed by atoms with van der Waals surface area (Å²) in [6, 6.07) is 34.6. The molecular weight excluding hydrogens is 711 g/mol. The Morgan fingerprint density at radius 3 is 1.10 bits per heavy atom. The van der Waals surface area contributed by atoms with Gasteiger partial charge in [0.05, 0.1) is 32.3 Å². The van der Waals surface area contributed by atoms with E-state index >= 15 is 0 Å². The highest BCUT2D eigenvalue weighted by Crippen LogP contribution is 2.27. The Morgan fingerprint density at radius 1 is 0.423 bits per heavy atom. The maximum absolute atomic E-state index is 13.3. The Balaban J connectivity index is 1.10. The van der Waals surface area contributed by atoms with Crippen LogP contribution in [0.15, 0.2) is 155 Å². The summed E-state index contributed by atoms with van der Waals surface area (Å²) in [5.41, 5.74) is 2.72. The monoisotopic (exact) mass is 738 g/mol. The van der Waals surface area contributed by atoms with Crippen molar-refractivity contribution in [1.82, 2.24) is 0 Å². The van der Waals surface area contributed by atoms with Gasteiger partial charge in [0.2, 0.25) is 0 Å². The third kappa shape index (κ3) is 8.31. The zero-order valence-corrected chi connectivity index (χ0v) is 28.5. The van der Waals surface area contributed by atoms with Gasteiger partial charge in [-0.05, 0) is 108 Å². The Kier molecular flexibility index (Phi) is 10.1. The first-order valence-electron chi connectivity index (χ1n) is 15.5. The highest BCUT2D eigenvalue weighted by Gasteiger charge is 2.20. The molecule has 0 radical (unpaired) electrons. The van der Waals surface area contributed by atoms with Crippen LogP contribution in [-0.2, 0) is 20.0 Å². The fraction of sp³-hybridized carbons (Fsp3) is 0. The topological polar surface area (TPSA) is 151 Å². The molecule has 4 N–H and O–H groups in total. The second kappa shape index (κ2) is 14.8. The van der Waals surface area contributed by atoms with Crippen LogP contribution in [0.2, 0.25) is 0 Å². The van der Waals surface area contributed by atoms with Crippen LogP contribution in [-0.4, -0.2) is 28.6 Å². The van der Waals surface area contributed by atoms with Gasteiger partial charge in [-0.3, -0.25) is 19.0 Å². The lowest BCUT2D eigenvalue weighted by Gasteiger charge is -2.14. The van der Waals surface area contributed by atoms with Crippen LogP contribution in [0.5, 0.6) is 0 Å². The van der Waals surface area contributed by atoms with Gasteiger partial charge in [-0.25, -0.2) is 25.6 Å². The molecule has 0 fully saturated rings. The Labute approximate surface area is 298 Å². The van der Waals surface area contributed by atoms with Crippen LogP contribution in [0.4, 0.5) is 31.5 Å². The average Bonchev–Trinajstić information content (AvgIpc) is 3.13. The molecule has 0 saturated heterocycles. The summed E-state index contributed by atoms with van der Waals surface area (Å²) in [7, 11) is -8.19. The number of rotatable bonds is 11. The van der Waals surface area contributed by atoms with Crippen LogP contribution in [0.25, 0.3) is 11.1 Å². The van der Waals surface area contributed by atoms with Gasteiger partial charge in [-0.2, -0.15) is 0 Å². The second-order valence-electron chi connectivity index (χ2n) is 11.3. The van der Waals surface area contributed by atoms with E-state index < -0.39 is 43.5 Å². The molecular formula is C38H28F2N4O6S2. The first kappa shape index (κ1) is 35.4. The minimum Gasteiger partial charge on any atom is -0.322 e. The smallest absolute Gasteiger partial charge is 0.261 e. The van der Waals surface area contributed by atoms with Gasteiger partial charge in [0.15, 0.2) is 0 Å². The molecule has 0 aliphatic heterocycles. The molecule has 0 aromatic heterocycles. The van der Waals surface area contributed by atoms with Crippen LogP contribution in [0.3, 0.4) is 0 Å². The lowest BCUT2D eigenvalue weighted by Crippen LogP contribution is -2.18. The molecule has 0 saturated carbocycles. The molecule has 0 spiro atoms. The number of nitrogens with one attached hydrogen (secondary N) is 4. The number of hydrogen-bond donors (Lipinski definition) is 4. The second-order valence-corrected chi connectivity index (χ2v) is 14.6. The molecule has 6 aromatic carbocycles. The van der Waals surface area contributed by atoms with E-state index in [0.717, 1.165) is 59.7 Å². The van der Waals surface area contributed by atoms with Gasteiger partial charge in [0.25, 0.3) is 31.9 Å². The van der Waals surface area contributed by atoms with Crippen molar-refractivity contribution >= 4 is 54.6 Å². The minimum absolute atomic E-state index is 0.0444. The summed E-state index contributed by atoms with van der Waals surface area (Å²) >= 11 is 0. The van der Waals surface area contributed by atoms with E-state index in [9.17, 15) is 35.2 Å². The predicted molar refractivity (Wildman–Crippen MR) is 195 cm³/mol. The molecule has 0 atom stereocenters. The zero-order chi connectivity index (χ0) is 36.9. The number of hydrogen-bond acceptors (Lipinski definition) is 6. The molecule has 262 valence electrons. The van der Waals surface area contributed by atoms with Crippen molar-refractivity contribution in [1.29, 1.82) is 0 Å². The van der Waals surface area contributed by atoms with E-state index in [1.807, 2.05) is 0 Å². The summed E-state index contributed by atoms with van der Waals surface area (Å²) in [5.74, 6) is -2.29. The molecule has 14 heteroatoms. The number of benzene rings is 6. The Bertz CT molecular complexity index is 2300. The molecule has 0 heterocycles. The molecule has 2 amide bonds. The van der Waals surface area contributed by atoms with Gasteiger partial charge >= 0.3 is 0 Å². The molecule has 52 heavy (non-hydrogen) atoms. The number of sulfonamides is 2. The highest BCUT2D eigenvalue weighted by molar-refractivity contribution is 7.93. The van der Waals surface area contributed by atoms with Crippen LogP contribution < -0.4 is 20.1 Å². The van der Waals surface area contributed by atoms with Gasteiger partial charge in [0, 0.05) is 11.4 Å². The molecule has 0 aliphatic rings. The number of amides is 2. The van der Waals surface area contributed by atoms with Gasteiger partial charge in [0.1, 0.15) is 11.6 Å².